The Hall–Kier alpha value is -3.06. The molecular formula is C27H35NO6. The van der Waals surface area contributed by atoms with Gasteiger partial charge in [-0.15, -0.1) is 0 Å². The molecule has 7 heteroatoms. The Morgan fingerprint density at radius 2 is 1.68 bits per heavy atom. The fourth-order valence-corrected chi connectivity index (χ4v) is 3.92. The molecule has 0 saturated carbocycles. The lowest BCUT2D eigenvalue weighted by molar-refractivity contribution is -0.154. The van der Waals surface area contributed by atoms with Gasteiger partial charge in [-0.1, -0.05) is 48.5 Å². The fraction of sp³-hybridized carbons (Fsp3) is 0.481. The van der Waals surface area contributed by atoms with Crippen molar-refractivity contribution in [1.82, 2.24) is 5.32 Å². The van der Waals surface area contributed by atoms with Crippen LogP contribution in [0.3, 0.4) is 0 Å². The van der Waals surface area contributed by atoms with Crippen LogP contribution in [-0.4, -0.2) is 49.6 Å². The standard InChI is InChI=1S/C27H35NO6/c1-19-23(17-32-22-13-9-6-10-14-22)21(15-20-11-7-5-8-12-20)16-31-18-24(25(29)33-19)28-26(30)34-27(2,3)4/h5-14,19,21,23-24H,15-18H2,1-4H3,(H,28,30)/t19-,21-,23-,24-/m0/s1. The van der Waals surface area contributed by atoms with E-state index >= 15 is 0 Å². The predicted molar refractivity (Wildman–Crippen MR) is 129 cm³/mol. The Labute approximate surface area is 201 Å². The van der Waals surface area contributed by atoms with Crippen molar-refractivity contribution in [2.24, 2.45) is 11.8 Å². The average Bonchev–Trinajstić information content (AvgIpc) is 2.82. The van der Waals surface area contributed by atoms with Gasteiger partial charge in [0.1, 0.15) is 17.5 Å². The summed E-state index contributed by atoms with van der Waals surface area (Å²) in [5, 5.41) is 2.59. The van der Waals surface area contributed by atoms with Crippen molar-refractivity contribution in [2.45, 2.75) is 51.9 Å². The number of alkyl carbamates (subject to hydrolysis) is 1. The lowest BCUT2D eigenvalue weighted by Gasteiger charge is -2.30. The van der Waals surface area contributed by atoms with Gasteiger partial charge in [-0.2, -0.15) is 0 Å². The molecule has 1 aliphatic heterocycles. The van der Waals surface area contributed by atoms with Gasteiger partial charge in [-0.25, -0.2) is 9.59 Å². The van der Waals surface area contributed by atoms with Crippen LogP contribution in [0, 0.1) is 11.8 Å². The van der Waals surface area contributed by atoms with Crippen molar-refractivity contribution in [1.29, 1.82) is 0 Å². The Balaban J connectivity index is 1.76. The Morgan fingerprint density at radius 1 is 1.03 bits per heavy atom. The second-order valence-electron chi connectivity index (χ2n) is 9.62. The third kappa shape index (κ3) is 8.06. The van der Waals surface area contributed by atoms with Gasteiger partial charge in [0.25, 0.3) is 0 Å². The van der Waals surface area contributed by atoms with E-state index in [1.165, 1.54) is 5.56 Å². The van der Waals surface area contributed by atoms with Crippen LogP contribution in [-0.2, 0) is 25.4 Å². The number of hydrogen-bond acceptors (Lipinski definition) is 6. The molecule has 3 rings (SSSR count). The van der Waals surface area contributed by atoms with E-state index in [2.05, 4.69) is 17.4 Å². The minimum Gasteiger partial charge on any atom is -0.493 e. The number of ether oxygens (including phenoxy) is 4. The minimum atomic E-state index is -0.955. The van der Waals surface area contributed by atoms with Crippen LogP contribution in [0.15, 0.2) is 60.7 Å². The molecular weight excluding hydrogens is 434 g/mol. The molecule has 0 bridgehead atoms. The molecule has 0 unspecified atom stereocenters. The monoisotopic (exact) mass is 469 g/mol. The van der Waals surface area contributed by atoms with Crippen molar-refractivity contribution >= 4 is 12.1 Å². The molecule has 0 aromatic heterocycles. The number of nitrogens with one attached hydrogen (secondary N) is 1. The molecule has 184 valence electrons. The number of para-hydroxylation sites is 1. The number of esters is 1. The maximum absolute atomic E-state index is 12.9. The van der Waals surface area contributed by atoms with Crippen LogP contribution in [0.5, 0.6) is 5.75 Å². The van der Waals surface area contributed by atoms with Crippen LogP contribution in [0.4, 0.5) is 4.79 Å². The Kier molecular flexibility index (Phi) is 8.93. The molecule has 2 aromatic carbocycles. The van der Waals surface area contributed by atoms with Crippen molar-refractivity contribution in [3.05, 3.63) is 66.2 Å². The SMILES string of the molecule is C[C@@H]1OC(=O)[C@@H](NC(=O)OC(C)(C)C)COC[C@H](Cc2ccccc2)[C@H]1COc1ccccc1. The highest BCUT2D eigenvalue weighted by molar-refractivity contribution is 5.81. The van der Waals surface area contributed by atoms with E-state index in [9.17, 15) is 9.59 Å². The minimum absolute atomic E-state index is 0.00233. The first-order chi connectivity index (χ1) is 16.2. The second-order valence-corrected chi connectivity index (χ2v) is 9.62. The quantitative estimate of drug-likeness (QED) is 0.632. The Morgan fingerprint density at radius 3 is 2.32 bits per heavy atom. The number of hydrogen-bond donors (Lipinski definition) is 1. The number of carbonyl (C=O) groups is 2. The van der Waals surface area contributed by atoms with E-state index in [0.717, 1.165) is 12.2 Å². The van der Waals surface area contributed by atoms with Gasteiger partial charge in [0, 0.05) is 5.92 Å². The van der Waals surface area contributed by atoms with E-state index in [1.807, 2.05) is 55.5 Å². The predicted octanol–water partition coefficient (Wildman–Crippen LogP) is 4.40. The Bertz CT molecular complexity index is 912. The summed E-state index contributed by atoms with van der Waals surface area (Å²) in [4.78, 5) is 25.2. The zero-order chi connectivity index (χ0) is 24.6. The summed E-state index contributed by atoms with van der Waals surface area (Å²) in [6.07, 6.45) is -0.389. The van der Waals surface area contributed by atoms with Gasteiger partial charge in [-0.05, 0) is 57.7 Å². The highest BCUT2D eigenvalue weighted by atomic mass is 16.6. The maximum Gasteiger partial charge on any atom is 0.408 e. The largest absolute Gasteiger partial charge is 0.493 e. The molecule has 1 fully saturated rings. The van der Waals surface area contributed by atoms with Gasteiger partial charge in [0.2, 0.25) is 0 Å². The lowest BCUT2D eigenvalue weighted by Crippen LogP contribution is -2.47. The highest BCUT2D eigenvalue weighted by Gasteiger charge is 2.36. The number of amides is 1. The summed E-state index contributed by atoms with van der Waals surface area (Å²) in [5.41, 5.74) is 0.489. The maximum atomic E-state index is 12.9. The van der Waals surface area contributed by atoms with Gasteiger partial charge >= 0.3 is 12.1 Å². The summed E-state index contributed by atoms with van der Waals surface area (Å²) >= 11 is 0. The number of cyclic esters (lactones) is 1. The van der Waals surface area contributed by atoms with Crippen LogP contribution in [0.1, 0.15) is 33.3 Å². The molecule has 0 aliphatic carbocycles. The highest BCUT2D eigenvalue weighted by Crippen LogP contribution is 2.27. The zero-order valence-corrected chi connectivity index (χ0v) is 20.4. The summed E-state index contributed by atoms with van der Waals surface area (Å²) in [6, 6.07) is 18.7. The molecule has 0 spiro atoms. The molecule has 7 nitrogen and oxygen atoms in total. The normalized spacial score (nSPS) is 23.6. The third-order valence-electron chi connectivity index (χ3n) is 5.63. The lowest BCUT2D eigenvalue weighted by atomic mass is 9.84. The van der Waals surface area contributed by atoms with E-state index in [0.29, 0.717) is 13.2 Å². The zero-order valence-electron chi connectivity index (χ0n) is 20.4. The molecule has 1 amide bonds. The number of rotatable bonds is 6. The van der Waals surface area contributed by atoms with Crippen LogP contribution < -0.4 is 10.1 Å². The third-order valence-corrected chi connectivity index (χ3v) is 5.63. The van der Waals surface area contributed by atoms with Crippen LogP contribution in [0.2, 0.25) is 0 Å². The van der Waals surface area contributed by atoms with Crippen molar-refractivity contribution in [3.8, 4) is 5.75 Å². The number of carbonyl (C=O) groups excluding carboxylic acids is 2. The van der Waals surface area contributed by atoms with Crippen LogP contribution >= 0.6 is 0 Å². The first kappa shape index (κ1) is 25.6. The first-order valence-electron chi connectivity index (χ1n) is 11.7. The smallest absolute Gasteiger partial charge is 0.408 e. The summed E-state index contributed by atoms with van der Waals surface area (Å²) in [6.45, 7) is 7.91. The number of benzene rings is 2. The molecule has 1 saturated heterocycles. The summed E-state index contributed by atoms with van der Waals surface area (Å²) < 4.78 is 23.1. The topological polar surface area (TPSA) is 83.1 Å². The van der Waals surface area contributed by atoms with Crippen molar-refractivity contribution in [3.63, 3.8) is 0 Å². The van der Waals surface area contributed by atoms with Crippen molar-refractivity contribution in [2.75, 3.05) is 19.8 Å². The summed E-state index contributed by atoms with van der Waals surface area (Å²) in [7, 11) is 0. The molecule has 1 heterocycles. The van der Waals surface area contributed by atoms with Gasteiger partial charge < -0.3 is 24.3 Å². The molecule has 34 heavy (non-hydrogen) atoms. The fourth-order valence-electron chi connectivity index (χ4n) is 3.92. The van der Waals surface area contributed by atoms with Crippen LogP contribution in [0.25, 0.3) is 0 Å². The van der Waals surface area contributed by atoms with E-state index in [1.54, 1.807) is 20.8 Å². The van der Waals surface area contributed by atoms with Crippen molar-refractivity contribution < 1.29 is 28.5 Å². The molecule has 4 atom stereocenters. The second kappa shape index (κ2) is 11.9. The first-order valence-corrected chi connectivity index (χ1v) is 11.7. The van der Waals surface area contributed by atoms with Gasteiger partial charge in [0.05, 0.1) is 19.8 Å². The van der Waals surface area contributed by atoms with Gasteiger partial charge in [-0.3, -0.25) is 0 Å². The average molecular weight is 470 g/mol. The molecule has 1 aliphatic rings. The van der Waals surface area contributed by atoms with E-state index in [4.69, 9.17) is 18.9 Å². The molecule has 2 aromatic rings. The van der Waals surface area contributed by atoms with Gasteiger partial charge in [0.15, 0.2) is 6.04 Å². The summed E-state index contributed by atoms with van der Waals surface area (Å²) in [5.74, 6) is 0.118. The molecule has 1 N–H and O–H groups in total. The molecule has 0 radical (unpaired) electrons. The van der Waals surface area contributed by atoms with E-state index < -0.39 is 29.8 Å². The van der Waals surface area contributed by atoms with E-state index in [-0.39, 0.29) is 18.4 Å².